The Morgan fingerprint density at radius 3 is 2.54 bits per heavy atom. The van der Waals surface area contributed by atoms with E-state index in [2.05, 4.69) is 5.32 Å². The lowest BCUT2D eigenvalue weighted by molar-refractivity contribution is -0.159. The number of aliphatic carboxylic acids is 1. The molecule has 4 atom stereocenters. The van der Waals surface area contributed by atoms with E-state index in [1.54, 1.807) is 6.92 Å². The number of carboxylic acids is 1. The molecule has 8 nitrogen and oxygen atoms in total. The Bertz CT molecular complexity index is 564. The normalized spacial score (nSPS) is 27.4. The van der Waals surface area contributed by atoms with Crippen LogP contribution in [0.25, 0.3) is 0 Å². The molecule has 26 heavy (non-hydrogen) atoms. The molecule has 1 aliphatic carbocycles. The summed E-state index contributed by atoms with van der Waals surface area (Å²) in [6.07, 6.45) is 2.73. The summed E-state index contributed by atoms with van der Waals surface area (Å²) in [5, 5.41) is 12.1. The Morgan fingerprint density at radius 1 is 1.27 bits per heavy atom. The van der Waals surface area contributed by atoms with E-state index in [4.69, 9.17) is 4.74 Å². The van der Waals surface area contributed by atoms with E-state index in [0.717, 1.165) is 12.8 Å². The molecule has 2 aliphatic rings. The van der Waals surface area contributed by atoms with Crippen LogP contribution in [0.1, 0.15) is 52.4 Å². The molecule has 4 unspecified atom stereocenters. The van der Waals surface area contributed by atoms with Crippen LogP contribution in [-0.2, 0) is 23.9 Å². The van der Waals surface area contributed by atoms with Crippen LogP contribution in [0.2, 0.25) is 0 Å². The summed E-state index contributed by atoms with van der Waals surface area (Å²) < 4.78 is 5.23. The number of ether oxygens (including phenoxy) is 1. The van der Waals surface area contributed by atoms with Gasteiger partial charge in [0, 0.05) is 13.1 Å². The number of esters is 1. The minimum Gasteiger partial charge on any atom is -0.481 e. The molecule has 0 radical (unpaired) electrons. The minimum absolute atomic E-state index is 0.216. The molecule has 2 amide bonds. The minimum atomic E-state index is -0.975. The fourth-order valence-corrected chi connectivity index (χ4v) is 3.63. The Hall–Kier alpha value is -2.12. The van der Waals surface area contributed by atoms with Gasteiger partial charge < -0.3 is 20.1 Å². The highest BCUT2D eigenvalue weighted by atomic mass is 16.5. The maximum Gasteiger partial charge on any atom is 0.308 e. The molecular formula is C18H28N2O6. The SMILES string of the molecule is CCC(C)OC(=O)CC1C(=O)NCCN1C(=O)C1CCCCC1C(=O)O. The van der Waals surface area contributed by atoms with E-state index in [9.17, 15) is 24.3 Å². The van der Waals surface area contributed by atoms with E-state index in [1.807, 2.05) is 6.92 Å². The van der Waals surface area contributed by atoms with E-state index >= 15 is 0 Å². The Morgan fingerprint density at radius 2 is 1.92 bits per heavy atom. The third-order valence-corrected chi connectivity index (χ3v) is 5.28. The highest BCUT2D eigenvalue weighted by molar-refractivity contribution is 5.93. The standard InChI is InChI=1S/C18H28N2O6/c1-3-11(2)26-15(21)10-14-16(22)19-8-9-20(14)17(23)12-6-4-5-7-13(12)18(24)25/h11-14H,3-10H2,1-2H3,(H,19,22)(H,24,25). The second-order valence-electron chi connectivity index (χ2n) is 7.09. The Balaban J connectivity index is 2.12. The van der Waals surface area contributed by atoms with Crippen LogP contribution in [0.4, 0.5) is 0 Å². The van der Waals surface area contributed by atoms with Crippen LogP contribution in [0.5, 0.6) is 0 Å². The molecule has 8 heteroatoms. The van der Waals surface area contributed by atoms with E-state index in [1.165, 1.54) is 4.90 Å². The van der Waals surface area contributed by atoms with Crippen LogP contribution in [0.15, 0.2) is 0 Å². The molecule has 1 saturated carbocycles. The highest BCUT2D eigenvalue weighted by Gasteiger charge is 2.42. The van der Waals surface area contributed by atoms with Gasteiger partial charge in [0.1, 0.15) is 6.04 Å². The van der Waals surface area contributed by atoms with Gasteiger partial charge in [0.2, 0.25) is 11.8 Å². The van der Waals surface area contributed by atoms with Crippen molar-refractivity contribution in [3.63, 3.8) is 0 Å². The predicted octanol–water partition coefficient (Wildman–Crippen LogP) is 0.936. The number of carbonyl (C=O) groups excluding carboxylic acids is 3. The first kappa shape index (κ1) is 20.2. The summed E-state index contributed by atoms with van der Waals surface area (Å²) in [4.78, 5) is 50.3. The number of carbonyl (C=O) groups is 4. The van der Waals surface area contributed by atoms with Gasteiger partial charge in [0.25, 0.3) is 0 Å². The lowest BCUT2D eigenvalue weighted by Crippen LogP contribution is -2.60. The molecule has 2 N–H and O–H groups in total. The number of nitrogens with zero attached hydrogens (tertiary/aromatic N) is 1. The Kier molecular flexibility index (Phi) is 6.99. The molecule has 0 aromatic carbocycles. The number of carboxylic acid groups (broad SMARTS) is 1. The van der Waals surface area contributed by atoms with Gasteiger partial charge in [-0.1, -0.05) is 19.8 Å². The van der Waals surface area contributed by atoms with Crippen LogP contribution in [0, 0.1) is 11.8 Å². The average Bonchev–Trinajstić information content (AvgIpc) is 2.62. The molecule has 1 saturated heterocycles. The van der Waals surface area contributed by atoms with Crippen molar-refractivity contribution >= 4 is 23.8 Å². The number of hydrogen-bond acceptors (Lipinski definition) is 5. The van der Waals surface area contributed by atoms with Gasteiger partial charge in [-0.25, -0.2) is 0 Å². The average molecular weight is 368 g/mol. The van der Waals surface area contributed by atoms with Gasteiger partial charge in [-0.05, 0) is 26.2 Å². The number of nitrogens with one attached hydrogen (secondary N) is 1. The first-order valence-corrected chi connectivity index (χ1v) is 9.35. The summed E-state index contributed by atoms with van der Waals surface area (Å²) >= 11 is 0. The van der Waals surface area contributed by atoms with Crippen LogP contribution < -0.4 is 5.32 Å². The molecule has 0 aromatic rings. The number of rotatable bonds is 6. The van der Waals surface area contributed by atoms with E-state index in [0.29, 0.717) is 25.8 Å². The number of amides is 2. The third-order valence-electron chi connectivity index (χ3n) is 5.28. The molecule has 0 spiro atoms. The molecular weight excluding hydrogens is 340 g/mol. The third kappa shape index (κ3) is 4.74. The fraction of sp³-hybridized carbons (Fsp3) is 0.778. The molecule has 146 valence electrons. The lowest BCUT2D eigenvalue weighted by atomic mass is 9.78. The Labute approximate surface area is 153 Å². The second-order valence-corrected chi connectivity index (χ2v) is 7.09. The predicted molar refractivity (Wildman–Crippen MR) is 92.1 cm³/mol. The highest BCUT2D eigenvalue weighted by Crippen LogP contribution is 2.32. The summed E-state index contributed by atoms with van der Waals surface area (Å²) in [5.41, 5.74) is 0. The number of hydrogen-bond donors (Lipinski definition) is 2. The largest absolute Gasteiger partial charge is 0.481 e. The zero-order chi connectivity index (χ0) is 19.3. The van der Waals surface area contributed by atoms with Crippen molar-refractivity contribution in [2.45, 2.75) is 64.5 Å². The molecule has 0 bridgehead atoms. The van der Waals surface area contributed by atoms with Crippen LogP contribution in [0.3, 0.4) is 0 Å². The van der Waals surface area contributed by atoms with Gasteiger partial charge >= 0.3 is 11.9 Å². The number of piperazine rings is 1. The van der Waals surface area contributed by atoms with Gasteiger partial charge in [-0.3, -0.25) is 19.2 Å². The van der Waals surface area contributed by atoms with Gasteiger partial charge in [-0.2, -0.15) is 0 Å². The van der Waals surface area contributed by atoms with Crippen molar-refractivity contribution in [2.75, 3.05) is 13.1 Å². The second kappa shape index (κ2) is 9.00. The van der Waals surface area contributed by atoms with Crippen molar-refractivity contribution in [2.24, 2.45) is 11.8 Å². The van der Waals surface area contributed by atoms with Crippen molar-refractivity contribution in [1.82, 2.24) is 10.2 Å². The first-order valence-electron chi connectivity index (χ1n) is 9.35. The maximum absolute atomic E-state index is 13.0. The molecule has 2 fully saturated rings. The van der Waals surface area contributed by atoms with Gasteiger partial charge in [-0.15, -0.1) is 0 Å². The first-order chi connectivity index (χ1) is 12.3. The zero-order valence-corrected chi connectivity index (χ0v) is 15.4. The topological polar surface area (TPSA) is 113 Å². The lowest BCUT2D eigenvalue weighted by Gasteiger charge is -2.39. The van der Waals surface area contributed by atoms with Crippen molar-refractivity contribution in [3.8, 4) is 0 Å². The van der Waals surface area contributed by atoms with Crippen LogP contribution >= 0.6 is 0 Å². The van der Waals surface area contributed by atoms with E-state index < -0.39 is 35.7 Å². The van der Waals surface area contributed by atoms with Crippen molar-refractivity contribution in [1.29, 1.82) is 0 Å². The fourth-order valence-electron chi connectivity index (χ4n) is 3.63. The quantitative estimate of drug-likeness (QED) is 0.675. The van der Waals surface area contributed by atoms with Gasteiger partial charge in [0.05, 0.1) is 24.4 Å². The van der Waals surface area contributed by atoms with Crippen LogP contribution in [-0.4, -0.2) is 59.0 Å². The van der Waals surface area contributed by atoms with Gasteiger partial charge in [0.15, 0.2) is 0 Å². The van der Waals surface area contributed by atoms with Crippen molar-refractivity contribution in [3.05, 3.63) is 0 Å². The molecule has 1 aliphatic heterocycles. The molecule has 2 rings (SSSR count). The van der Waals surface area contributed by atoms with Crippen molar-refractivity contribution < 1.29 is 29.0 Å². The summed E-state index contributed by atoms with van der Waals surface area (Å²) in [6.45, 7) is 4.22. The molecule has 0 aromatic heterocycles. The zero-order valence-electron chi connectivity index (χ0n) is 15.4. The summed E-state index contributed by atoms with van der Waals surface area (Å²) in [6, 6.07) is -0.941. The maximum atomic E-state index is 13.0. The monoisotopic (exact) mass is 368 g/mol. The summed E-state index contributed by atoms with van der Waals surface area (Å²) in [7, 11) is 0. The smallest absolute Gasteiger partial charge is 0.308 e. The molecule has 1 heterocycles. The summed E-state index contributed by atoms with van der Waals surface area (Å²) in [5.74, 6) is -3.61. The van der Waals surface area contributed by atoms with E-state index in [-0.39, 0.29) is 25.0 Å².